The molecule has 0 aliphatic carbocycles. The molecule has 2 aromatic rings. The summed E-state index contributed by atoms with van der Waals surface area (Å²) in [6.07, 6.45) is -6.01. The van der Waals surface area contributed by atoms with E-state index in [0.29, 0.717) is 11.2 Å². The lowest BCUT2D eigenvalue weighted by molar-refractivity contribution is -0.397. The van der Waals surface area contributed by atoms with Gasteiger partial charge in [-0.15, -0.1) is 0 Å². The minimum atomic E-state index is -2.44. The zero-order valence-corrected chi connectivity index (χ0v) is 21.2. The molecular formula is C23H29N5O11. The quantitative estimate of drug-likeness (QED) is 0.224. The summed E-state index contributed by atoms with van der Waals surface area (Å²) < 4.78 is 35.5. The molecule has 2 aromatic heterocycles. The maximum Gasteiger partial charge on any atom is 0.337 e. The number of esters is 2. The predicted molar refractivity (Wildman–Crippen MR) is 126 cm³/mol. The molecule has 16 nitrogen and oxygen atoms in total. The Bertz CT molecular complexity index is 1290. The van der Waals surface area contributed by atoms with E-state index in [2.05, 4.69) is 15.0 Å². The number of carbonyl (C=O) groups is 2. The number of hydrogen-bond donors (Lipinski definition) is 4. The van der Waals surface area contributed by atoms with Crippen molar-refractivity contribution in [3.63, 3.8) is 0 Å². The van der Waals surface area contributed by atoms with Crippen molar-refractivity contribution in [3.8, 4) is 0 Å². The van der Waals surface area contributed by atoms with Crippen LogP contribution in [0, 0.1) is 0 Å². The number of rotatable bonds is 6. The van der Waals surface area contributed by atoms with Gasteiger partial charge in [-0.3, -0.25) is 4.57 Å². The maximum absolute atomic E-state index is 12.7. The summed E-state index contributed by atoms with van der Waals surface area (Å²) in [5.41, 5.74) is 6.50. The van der Waals surface area contributed by atoms with Crippen LogP contribution in [0.3, 0.4) is 0 Å². The van der Waals surface area contributed by atoms with Crippen LogP contribution in [0.25, 0.3) is 11.2 Å². The lowest BCUT2D eigenvalue weighted by atomic mass is 9.84. The molecule has 0 unspecified atom stereocenters. The minimum absolute atomic E-state index is 0.0496. The van der Waals surface area contributed by atoms with E-state index in [-0.39, 0.29) is 17.8 Å². The third kappa shape index (κ3) is 4.33. The number of carbonyl (C=O) groups excluding carboxylic acids is 2. The van der Waals surface area contributed by atoms with Crippen molar-refractivity contribution in [3.05, 3.63) is 24.3 Å². The zero-order chi connectivity index (χ0) is 28.1. The molecule has 0 aromatic carbocycles. The standard InChI is InChI=1S/C23H29N5O11/c1-4-9(6-29)21(31)38-17-13(30)15(22(32)35-3)37-11-5-10-14(39-23(11,17)33)16(34-2)20(36-10)28-8-27-12-18(24)25-7-26-19(12)28/h4,7-8,10-11,13-17,20,29-30,33H,5-6H2,1-3H3,(H2,24,25,26)/b9-4+/t10-,11-,13-,14-,15+,16-,17+,20-,23-/m1/s1. The number of methoxy groups -OCH3 is 2. The summed E-state index contributed by atoms with van der Waals surface area (Å²) in [5.74, 6) is -4.25. The van der Waals surface area contributed by atoms with Crippen molar-refractivity contribution in [2.75, 3.05) is 26.6 Å². The monoisotopic (exact) mass is 551 g/mol. The number of anilines is 1. The fourth-order valence-electron chi connectivity index (χ4n) is 5.24. The number of hydrogen-bond acceptors (Lipinski definition) is 15. The van der Waals surface area contributed by atoms with Gasteiger partial charge >= 0.3 is 11.9 Å². The van der Waals surface area contributed by atoms with Crippen LogP contribution in [-0.4, -0.2) is 116 Å². The number of aliphatic hydroxyl groups is 3. The van der Waals surface area contributed by atoms with E-state index in [1.165, 1.54) is 32.8 Å². The van der Waals surface area contributed by atoms with Gasteiger partial charge in [-0.2, -0.15) is 0 Å². The van der Waals surface area contributed by atoms with Crippen LogP contribution in [0.15, 0.2) is 24.3 Å². The second-order valence-corrected chi connectivity index (χ2v) is 9.28. The molecule has 5 heterocycles. The normalized spacial score (nSPS) is 36.3. The van der Waals surface area contributed by atoms with Crippen LogP contribution in [-0.2, 0) is 38.0 Å². The average molecular weight is 552 g/mol. The van der Waals surface area contributed by atoms with E-state index in [9.17, 15) is 24.9 Å². The smallest absolute Gasteiger partial charge is 0.337 e. The van der Waals surface area contributed by atoms with E-state index < -0.39 is 73.3 Å². The van der Waals surface area contributed by atoms with Crippen molar-refractivity contribution in [2.45, 2.75) is 68.1 Å². The van der Waals surface area contributed by atoms with E-state index in [0.717, 1.165) is 7.11 Å². The van der Waals surface area contributed by atoms with Crippen LogP contribution >= 0.6 is 0 Å². The first-order valence-electron chi connectivity index (χ1n) is 12.1. The topological polar surface area (TPSA) is 220 Å². The van der Waals surface area contributed by atoms with Crippen LogP contribution in [0.5, 0.6) is 0 Å². The van der Waals surface area contributed by atoms with Crippen molar-refractivity contribution in [1.29, 1.82) is 0 Å². The van der Waals surface area contributed by atoms with Gasteiger partial charge in [-0.05, 0) is 6.92 Å². The highest BCUT2D eigenvalue weighted by molar-refractivity contribution is 5.89. The summed E-state index contributed by atoms with van der Waals surface area (Å²) >= 11 is 0. The number of allylic oxidation sites excluding steroid dienone is 1. The summed E-state index contributed by atoms with van der Waals surface area (Å²) in [7, 11) is 2.51. The number of nitrogens with zero attached hydrogens (tertiary/aromatic N) is 4. The number of aliphatic hydroxyl groups excluding tert-OH is 2. The molecule has 3 saturated heterocycles. The fourth-order valence-corrected chi connectivity index (χ4v) is 5.24. The highest BCUT2D eigenvalue weighted by Gasteiger charge is 2.67. The number of nitrogen functional groups attached to an aromatic ring is 1. The van der Waals surface area contributed by atoms with Crippen LogP contribution < -0.4 is 5.73 Å². The summed E-state index contributed by atoms with van der Waals surface area (Å²) in [6, 6.07) is 0. The zero-order valence-electron chi connectivity index (χ0n) is 21.2. The Hall–Kier alpha value is -3.25. The number of fused-ring (bicyclic) bond motifs is 3. The minimum Gasteiger partial charge on any atom is -0.467 e. The highest BCUT2D eigenvalue weighted by atomic mass is 16.7. The molecule has 0 amide bonds. The van der Waals surface area contributed by atoms with E-state index in [1.54, 1.807) is 4.57 Å². The molecular weight excluding hydrogens is 522 g/mol. The van der Waals surface area contributed by atoms with Gasteiger partial charge in [0.15, 0.2) is 29.9 Å². The van der Waals surface area contributed by atoms with Crippen LogP contribution in [0.1, 0.15) is 19.6 Å². The maximum atomic E-state index is 12.7. The Morgan fingerprint density at radius 1 is 1.28 bits per heavy atom. The Kier molecular flexibility index (Phi) is 7.27. The molecule has 0 saturated carbocycles. The Morgan fingerprint density at radius 3 is 2.72 bits per heavy atom. The Labute approximate surface area is 221 Å². The van der Waals surface area contributed by atoms with Gasteiger partial charge in [-0.25, -0.2) is 24.5 Å². The summed E-state index contributed by atoms with van der Waals surface area (Å²) in [5, 5.41) is 32.3. The Morgan fingerprint density at radius 2 is 2.05 bits per heavy atom. The van der Waals surface area contributed by atoms with E-state index in [4.69, 9.17) is 34.2 Å². The highest BCUT2D eigenvalue weighted by Crippen LogP contribution is 2.47. The third-order valence-corrected chi connectivity index (χ3v) is 7.24. The summed E-state index contributed by atoms with van der Waals surface area (Å²) in [6.45, 7) is 0.845. The van der Waals surface area contributed by atoms with Gasteiger partial charge in [0.25, 0.3) is 0 Å². The SMILES string of the molecule is C/C=C(\CO)C(=O)O[C@H]1[C@H](O)[C@@H](C(=O)OC)O[C@@H]2C[C@H]3O[C@@H](n4cnc5c(N)ncnc54)[C@H](OC)[C@@H]3O[C@]21O. The van der Waals surface area contributed by atoms with Crippen molar-refractivity contribution in [2.24, 2.45) is 0 Å². The number of nitrogens with two attached hydrogens (primary N) is 1. The van der Waals surface area contributed by atoms with Gasteiger partial charge in [0.1, 0.15) is 36.3 Å². The molecule has 0 radical (unpaired) electrons. The molecule has 0 spiro atoms. The Balaban J connectivity index is 1.50. The predicted octanol–water partition coefficient (Wildman–Crippen LogP) is -2.05. The largest absolute Gasteiger partial charge is 0.467 e. The van der Waals surface area contributed by atoms with E-state index in [1.807, 2.05) is 0 Å². The van der Waals surface area contributed by atoms with Crippen molar-refractivity contribution in [1.82, 2.24) is 19.5 Å². The first-order chi connectivity index (χ1) is 18.7. The molecule has 16 heteroatoms. The lowest BCUT2D eigenvalue weighted by Gasteiger charge is -2.52. The molecule has 5 rings (SSSR count). The average Bonchev–Trinajstić information content (AvgIpc) is 3.51. The number of ether oxygens (including phenoxy) is 6. The van der Waals surface area contributed by atoms with Gasteiger partial charge in [0.05, 0.1) is 31.7 Å². The molecule has 0 bridgehead atoms. The van der Waals surface area contributed by atoms with Crippen LogP contribution in [0.4, 0.5) is 5.82 Å². The summed E-state index contributed by atoms with van der Waals surface area (Å²) in [4.78, 5) is 37.6. The molecule has 3 aliphatic heterocycles. The van der Waals surface area contributed by atoms with Crippen LogP contribution in [0.2, 0.25) is 0 Å². The first-order valence-corrected chi connectivity index (χ1v) is 12.1. The third-order valence-electron chi connectivity index (χ3n) is 7.24. The second-order valence-electron chi connectivity index (χ2n) is 9.28. The van der Waals surface area contributed by atoms with Gasteiger partial charge in [0.2, 0.25) is 5.79 Å². The second kappa shape index (κ2) is 10.4. The van der Waals surface area contributed by atoms with Crippen molar-refractivity contribution < 1.29 is 53.3 Å². The molecule has 9 atom stereocenters. The van der Waals surface area contributed by atoms with E-state index >= 15 is 0 Å². The van der Waals surface area contributed by atoms with Gasteiger partial charge < -0.3 is 49.5 Å². The molecule has 5 N–H and O–H groups in total. The van der Waals surface area contributed by atoms with Crippen molar-refractivity contribution >= 4 is 28.9 Å². The number of aromatic nitrogens is 4. The lowest BCUT2D eigenvalue weighted by Crippen LogP contribution is -2.73. The molecule has 3 aliphatic rings. The first kappa shape index (κ1) is 27.3. The van der Waals surface area contributed by atoms with Gasteiger partial charge in [-0.1, -0.05) is 6.08 Å². The number of imidazole rings is 1. The molecule has 212 valence electrons. The molecule has 39 heavy (non-hydrogen) atoms. The fraction of sp³-hybridized carbons (Fsp3) is 0.609. The van der Waals surface area contributed by atoms with Gasteiger partial charge in [0, 0.05) is 13.5 Å². The molecule has 3 fully saturated rings.